The zero-order valence-corrected chi connectivity index (χ0v) is 18.4. The van der Waals surface area contributed by atoms with Gasteiger partial charge < -0.3 is 16.0 Å². The zero-order chi connectivity index (χ0) is 21.8. The van der Waals surface area contributed by atoms with Gasteiger partial charge in [0.05, 0.1) is 17.2 Å². The monoisotopic (exact) mass is 464 g/mol. The fourth-order valence-corrected chi connectivity index (χ4v) is 5.00. The average Bonchev–Trinajstić information content (AvgIpc) is 3.32. The number of nitrogens with zero attached hydrogens (tertiary/aromatic N) is 2. The van der Waals surface area contributed by atoms with Crippen LogP contribution in [0.2, 0.25) is 0 Å². The van der Waals surface area contributed by atoms with Crippen LogP contribution in [-0.4, -0.2) is 33.3 Å². The molecule has 0 radical (unpaired) electrons. The maximum absolute atomic E-state index is 14.3. The van der Waals surface area contributed by atoms with Gasteiger partial charge in [-0.3, -0.25) is 14.9 Å². The molecule has 0 amide bonds. The van der Waals surface area contributed by atoms with Crippen LogP contribution < -0.4 is 16.6 Å². The summed E-state index contributed by atoms with van der Waals surface area (Å²) < 4.78 is 14.3. The van der Waals surface area contributed by atoms with E-state index in [-0.39, 0.29) is 29.2 Å². The van der Waals surface area contributed by atoms with Crippen molar-refractivity contribution in [3.8, 4) is 11.1 Å². The van der Waals surface area contributed by atoms with E-state index in [1.165, 1.54) is 6.07 Å². The number of nitrogens with one attached hydrogen (secondary N) is 3. The summed E-state index contributed by atoms with van der Waals surface area (Å²) >= 11 is 0. The van der Waals surface area contributed by atoms with Crippen LogP contribution in [0.4, 0.5) is 10.1 Å². The molecule has 2 aromatic carbocycles. The van der Waals surface area contributed by atoms with Gasteiger partial charge >= 0.3 is 0 Å². The Kier molecular flexibility index (Phi) is 5.26. The standard InChI is InChI=1S/C24H21FN6O.ClH/c25-18-4-3-13(17-11-29-31-23(17)18)19-16-10-15(12-5-8-27-9-6-12)21-14(2-1-7-28-21)22(16)30-24(32)20(19)26;/h1-4,7,10-12,27H,5-6,8-9,26H2,(H,29,31)(H,30,32);1H. The lowest BCUT2D eigenvalue weighted by Gasteiger charge is -2.25. The molecule has 33 heavy (non-hydrogen) atoms. The number of H-pyrrole nitrogens is 2. The van der Waals surface area contributed by atoms with Crippen molar-refractivity contribution in [3.05, 3.63) is 64.5 Å². The molecule has 1 saturated heterocycles. The van der Waals surface area contributed by atoms with Crippen molar-refractivity contribution in [1.29, 1.82) is 0 Å². The first-order chi connectivity index (χ1) is 15.6. The number of hydrogen-bond donors (Lipinski definition) is 4. The molecule has 0 aliphatic carbocycles. The highest BCUT2D eigenvalue weighted by Crippen LogP contribution is 2.41. The first-order valence-corrected chi connectivity index (χ1v) is 10.7. The Morgan fingerprint density at radius 1 is 1.06 bits per heavy atom. The van der Waals surface area contributed by atoms with Crippen LogP contribution in [0.5, 0.6) is 0 Å². The minimum atomic E-state index is -0.404. The van der Waals surface area contributed by atoms with Crippen molar-refractivity contribution in [3.63, 3.8) is 0 Å². The van der Waals surface area contributed by atoms with Crippen molar-refractivity contribution in [2.45, 2.75) is 18.8 Å². The lowest BCUT2D eigenvalue weighted by atomic mass is 9.86. The van der Waals surface area contributed by atoms with Crippen molar-refractivity contribution >= 4 is 50.8 Å². The van der Waals surface area contributed by atoms with Crippen LogP contribution in [-0.2, 0) is 0 Å². The smallest absolute Gasteiger partial charge is 0.272 e. The number of aromatic nitrogens is 4. The van der Waals surface area contributed by atoms with Gasteiger partial charge in [-0.15, -0.1) is 12.4 Å². The van der Waals surface area contributed by atoms with Gasteiger partial charge in [0.15, 0.2) is 0 Å². The number of rotatable bonds is 2. The average molecular weight is 465 g/mol. The molecule has 168 valence electrons. The number of aromatic amines is 2. The molecule has 3 aromatic heterocycles. The molecule has 1 aliphatic rings. The SMILES string of the molecule is Cl.Nc1c(-c2ccc(F)c3[nH]ncc23)c2cc(C3CCNCC3)c3ncccc3c2[nH]c1=O. The Hall–Kier alpha value is -3.49. The number of hydrogen-bond acceptors (Lipinski definition) is 5. The van der Waals surface area contributed by atoms with Crippen LogP contribution >= 0.6 is 12.4 Å². The highest BCUT2D eigenvalue weighted by Gasteiger charge is 2.23. The Balaban J connectivity index is 0.00000228. The first kappa shape index (κ1) is 21.4. The molecule has 1 aliphatic heterocycles. The largest absolute Gasteiger partial charge is 0.394 e. The molecular weight excluding hydrogens is 443 g/mol. The van der Waals surface area contributed by atoms with Crippen LogP contribution in [0, 0.1) is 5.82 Å². The number of halogens is 2. The Labute approximate surface area is 194 Å². The van der Waals surface area contributed by atoms with E-state index in [1.807, 2.05) is 12.1 Å². The normalized spacial score (nSPS) is 14.7. The third-order valence-corrected chi connectivity index (χ3v) is 6.55. The summed E-state index contributed by atoms with van der Waals surface area (Å²) in [5.41, 5.74) is 10.4. The zero-order valence-electron chi connectivity index (χ0n) is 17.6. The molecule has 6 rings (SSSR count). The van der Waals surface area contributed by atoms with E-state index < -0.39 is 5.82 Å². The summed E-state index contributed by atoms with van der Waals surface area (Å²) in [4.78, 5) is 20.5. The van der Waals surface area contributed by atoms with E-state index in [1.54, 1.807) is 18.5 Å². The van der Waals surface area contributed by atoms with Gasteiger partial charge in [-0.25, -0.2) is 4.39 Å². The summed E-state index contributed by atoms with van der Waals surface area (Å²) in [6.45, 7) is 1.90. The number of fused-ring (bicyclic) bond motifs is 4. The maximum Gasteiger partial charge on any atom is 0.272 e. The number of pyridine rings is 2. The van der Waals surface area contributed by atoms with Gasteiger partial charge in [-0.1, -0.05) is 6.07 Å². The highest BCUT2D eigenvalue weighted by atomic mass is 35.5. The number of anilines is 1. The summed E-state index contributed by atoms with van der Waals surface area (Å²) in [6, 6.07) is 8.99. The number of nitrogens with two attached hydrogens (primary N) is 1. The topological polar surface area (TPSA) is 112 Å². The maximum atomic E-state index is 14.3. The number of benzene rings is 2. The molecular formula is C24H22ClFN6O. The van der Waals surface area contributed by atoms with Crippen molar-refractivity contribution in [2.24, 2.45) is 0 Å². The molecule has 0 atom stereocenters. The van der Waals surface area contributed by atoms with Gasteiger partial charge in [0.1, 0.15) is 17.0 Å². The van der Waals surface area contributed by atoms with Crippen molar-refractivity contribution < 1.29 is 4.39 Å². The van der Waals surface area contributed by atoms with E-state index in [2.05, 4.69) is 31.5 Å². The Morgan fingerprint density at radius 3 is 2.70 bits per heavy atom. The molecule has 1 fully saturated rings. The summed E-state index contributed by atoms with van der Waals surface area (Å²) in [5.74, 6) is -0.0553. The van der Waals surface area contributed by atoms with E-state index in [4.69, 9.17) is 5.73 Å². The molecule has 7 nitrogen and oxygen atoms in total. The van der Waals surface area contributed by atoms with Crippen molar-refractivity contribution in [1.82, 2.24) is 25.5 Å². The molecule has 0 bridgehead atoms. The predicted octanol–water partition coefficient (Wildman–Crippen LogP) is 4.23. The molecule has 0 saturated carbocycles. The number of piperidine rings is 1. The molecule has 4 heterocycles. The van der Waals surface area contributed by atoms with Gasteiger partial charge in [-0.05, 0) is 67.2 Å². The lowest BCUT2D eigenvalue weighted by molar-refractivity contribution is 0.462. The van der Waals surface area contributed by atoms with Crippen LogP contribution in [0.3, 0.4) is 0 Å². The molecule has 5 N–H and O–H groups in total. The Morgan fingerprint density at radius 2 is 1.88 bits per heavy atom. The third-order valence-electron chi connectivity index (χ3n) is 6.55. The van der Waals surface area contributed by atoms with E-state index in [0.29, 0.717) is 27.9 Å². The fraction of sp³-hybridized carbons (Fsp3) is 0.208. The summed E-state index contributed by atoms with van der Waals surface area (Å²) in [6.07, 6.45) is 5.36. The first-order valence-electron chi connectivity index (χ1n) is 10.7. The summed E-state index contributed by atoms with van der Waals surface area (Å²) in [5, 5.41) is 12.4. The van der Waals surface area contributed by atoms with E-state index in [9.17, 15) is 9.18 Å². The van der Waals surface area contributed by atoms with Crippen LogP contribution in [0.25, 0.3) is 43.8 Å². The second kappa shape index (κ2) is 8.13. The molecule has 9 heteroatoms. The quantitative estimate of drug-likeness (QED) is 0.292. The second-order valence-electron chi connectivity index (χ2n) is 8.31. The van der Waals surface area contributed by atoms with Crippen molar-refractivity contribution in [2.75, 3.05) is 18.8 Å². The van der Waals surface area contributed by atoms with Gasteiger partial charge in [-0.2, -0.15) is 5.10 Å². The van der Waals surface area contributed by atoms with E-state index in [0.717, 1.165) is 47.8 Å². The minimum Gasteiger partial charge on any atom is -0.394 e. The molecule has 5 aromatic rings. The van der Waals surface area contributed by atoms with E-state index >= 15 is 0 Å². The van der Waals surface area contributed by atoms with Gasteiger partial charge in [0, 0.05) is 27.9 Å². The molecule has 0 spiro atoms. The second-order valence-corrected chi connectivity index (χ2v) is 8.31. The number of nitrogen functional groups attached to an aromatic ring is 1. The fourth-order valence-electron chi connectivity index (χ4n) is 5.00. The third kappa shape index (κ3) is 3.25. The van der Waals surface area contributed by atoms with Crippen LogP contribution in [0.1, 0.15) is 24.3 Å². The van der Waals surface area contributed by atoms with Gasteiger partial charge in [0.2, 0.25) is 0 Å². The lowest BCUT2D eigenvalue weighted by Crippen LogP contribution is -2.26. The highest BCUT2D eigenvalue weighted by molar-refractivity contribution is 6.15. The Bertz CT molecular complexity index is 1570. The van der Waals surface area contributed by atoms with Gasteiger partial charge in [0.25, 0.3) is 5.56 Å². The summed E-state index contributed by atoms with van der Waals surface area (Å²) in [7, 11) is 0. The predicted molar refractivity (Wildman–Crippen MR) is 131 cm³/mol. The minimum absolute atomic E-state index is 0. The van der Waals surface area contributed by atoms with Crippen LogP contribution in [0.15, 0.2) is 47.5 Å². The molecule has 0 unspecified atom stereocenters.